The summed E-state index contributed by atoms with van der Waals surface area (Å²) in [6.07, 6.45) is 2.77. The average Bonchev–Trinajstić information content (AvgIpc) is 2.74. The summed E-state index contributed by atoms with van der Waals surface area (Å²) in [4.78, 5) is 15.4. The predicted molar refractivity (Wildman–Crippen MR) is 53.6 cm³/mol. The third kappa shape index (κ3) is 2.29. The van der Waals surface area contributed by atoms with Crippen LogP contribution in [0, 0.1) is 0 Å². The number of nitrogens with one attached hydrogen (secondary N) is 2. The summed E-state index contributed by atoms with van der Waals surface area (Å²) in [5.41, 5.74) is 0.201. The maximum Gasteiger partial charge on any atom is 0.278 e. The van der Waals surface area contributed by atoms with Crippen LogP contribution in [-0.2, 0) is 0 Å². The second-order valence-corrected chi connectivity index (χ2v) is 3.11. The van der Waals surface area contributed by atoms with Gasteiger partial charge in [-0.05, 0) is 12.1 Å². The van der Waals surface area contributed by atoms with Crippen molar-refractivity contribution < 1.29 is 4.79 Å². The number of carbonyl (C=O) groups is 1. The summed E-state index contributed by atoms with van der Waals surface area (Å²) in [7, 11) is 0. The zero-order chi connectivity index (χ0) is 10.7. The maximum atomic E-state index is 11.5. The number of hydrogen-bond donors (Lipinski definition) is 2. The minimum atomic E-state index is -0.376. The van der Waals surface area contributed by atoms with Gasteiger partial charge in [-0.1, -0.05) is 11.6 Å². The van der Waals surface area contributed by atoms with Crippen molar-refractivity contribution in [2.24, 2.45) is 0 Å². The fraction of sp³-hybridized carbons (Fsp3) is 0. The molecule has 1 amide bonds. The van der Waals surface area contributed by atoms with Crippen molar-refractivity contribution in [3.8, 4) is 0 Å². The molecule has 6 nitrogen and oxygen atoms in total. The van der Waals surface area contributed by atoms with Crippen LogP contribution in [0.1, 0.15) is 10.5 Å². The van der Waals surface area contributed by atoms with Crippen LogP contribution in [0.2, 0.25) is 5.02 Å². The first kappa shape index (κ1) is 9.60. The molecule has 0 aliphatic rings. The second-order valence-electron chi connectivity index (χ2n) is 2.67. The first-order valence-electron chi connectivity index (χ1n) is 4.04. The van der Waals surface area contributed by atoms with E-state index in [9.17, 15) is 4.79 Å². The Balaban J connectivity index is 2.09. The molecular weight excluding hydrogens is 218 g/mol. The molecule has 0 spiro atoms. The third-order valence-electron chi connectivity index (χ3n) is 1.62. The Hall–Kier alpha value is -1.95. The number of nitrogens with zero attached hydrogens (tertiary/aromatic N) is 3. The molecule has 0 aliphatic heterocycles. The van der Waals surface area contributed by atoms with Gasteiger partial charge in [0.05, 0.1) is 11.2 Å². The molecule has 2 aromatic heterocycles. The zero-order valence-electron chi connectivity index (χ0n) is 7.44. The first-order valence-corrected chi connectivity index (χ1v) is 4.42. The smallest absolute Gasteiger partial charge is 0.278 e. The minimum absolute atomic E-state index is 0.201. The number of H-pyrrole nitrogens is 1. The summed E-state index contributed by atoms with van der Waals surface area (Å²) in [5.74, 6) is 0.0333. The number of amides is 1. The van der Waals surface area contributed by atoms with Crippen LogP contribution < -0.4 is 5.32 Å². The number of aromatic nitrogens is 4. The summed E-state index contributed by atoms with van der Waals surface area (Å²) >= 11 is 5.65. The van der Waals surface area contributed by atoms with Crippen molar-refractivity contribution in [3.05, 3.63) is 35.2 Å². The van der Waals surface area contributed by atoms with Gasteiger partial charge in [0, 0.05) is 6.20 Å². The molecule has 15 heavy (non-hydrogen) atoms. The summed E-state index contributed by atoms with van der Waals surface area (Å²) < 4.78 is 0. The molecule has 0 saturated carbocycles. The lowest BCUT2D eigenvalue weighted by Crippen LogP contribution is -2.13. The lowest BCUT2D eigenvalue weighted by molar-refractivity contribution is 0.102. The van der Waals surface area contributed by atoms with E-state index in [-0.39, 0.29) is 11.6 Å². The van der Waals surface area contributed by atoms with E-state index in [0.717, 1.165) is 0 Å². The van der Waals surface area contributed by atoms with E-state index in [2.05, 4.69) is 25.7 Å². The van der Waals surface area contributed by atoms with Crippen LogP contribution in [0.3, 0.4) is 0 Å². The Morgan fingerprint density at radius 1 is 1.40 bits per heavy atom. The first-order chi connectivity index (χ1) is 7.25. The Kier molecular flexibility index (Phi) is 2.59. The van der Waals surface area contributed by atoms with Crippen LogP contribution in [0.25, 0.3) is 0 Å². The SMILES string of the molecule is O=C(Nc1ccc(Cl)cn1)c1cn[nH]n1. The average molecular weight is 224 g/mol. The minimum Gasteiger partial charge on any atom is -0.305 e. The molecule has 2 heterocycles. The highest BCUT2D eigenvalue weighted by Crippen LogP contribution is 2.09. The highest BCUT2D eigenvalue weighted by atomic mass is 35.5. The Morgan fingerprint density at radius 2 is 2.27 bits per heavy atom. The molecule has 0 radical (unpaired) electrons. The highest BCUT2D eigenvalue weighted by Gasteiger charge is 2.08. The highest BCUT2D eigenvalue weighted by molar-refractivity contribution is 6.30. The van der Waals surface area contributed by atoms with Gasteiger partial charge >= 0.3 is 0 Å². The molecule has 0 aliphatic carbocycles. The van der Waals surface area contributed by atoms with E-state index in [0.29, 0.717) is 10.8 Å². The molecule has 0 aromatic carbocycles. The predicted octanol–water partition coefficient (Wildman–Crippen LogP) is 1.11. The number of pyridine rings is 1. The molecule has 76 valence electrons. The monoisotopic (exact) mass is 223 g/mol. The van der Waals surface area contributed by atoms with Crippen molar-refractivity contribution in [1.82, 2.24) is 20.4 Å². The van der Waals surface area contributed by atoms with Gasteiger partial charge in [0.1, 0.15) is 5.82 Å². The fourth-order valence-corrected chi connectivity index (χ4v) is 1.05. The van der Waals surface area contributed by atoms with E-state index >= 15 is 0 Å². The summed E-state index contributed by atoms with van der Waals surface area (Å²) in [6.45, 7) is 0. The molecule has 0 bridgehead atoms. The van der Waals surface area contributed by atoms with Crippen LogP contribution in [0.4, 0.5) is 5.82 Å². The van der Waals surface area contributed by atoms with Crippen molar-refractivity contribution in [3.63, 3.8) is 0 Å². The largest absolute Gasteiger partial charge is 0.305 e. The molecule has 2 N–H and O–H groups in total. The Bertz CT molecular complexity index is 452. The second kappa shape index (κ2) is 4.05. The molecule has 0 unspecified atom stereocenters. The van der Waals surface area contributed by atoms with Crippen molar-refractivity contribution in [2.45, 2.75) is 0 Å². The Labute approximate surface area is 89.7 Å². The van der Waals surface area contributed by atoms with E-state index in [1.807, 2.05) is 0 Å². The van der Waals surface area contributed by atoms with Gasteiger partial charge in [-0.25, -0.2) is 4.98 Å². The van der Waals surface area contributed by atoms with Gasteiger partial charge in [-0.15, -0.1) is 0 Å². The number of halogens is 1. The standard InChI is InChI=1S/C8H6ClN5O/c9-5-1-2-7(10-3-5)12-8(15)6-4-11-14-13-6/h1-4H,(H,10,12,15)(H,11,13,14). The third-order valence-corrected chi connectivity index (χ3v) is 1.84. The van der Waals surface area contributed by atoms with E-state index < -0.39 is 0 Å². The molecular formula is C8H6ClN5O. The van der Waals surface area contributed by atoms with Gasteiger partial charge < -0.3 is 5.32 Å². The Morgan fingerprint density at radius 3 is 2.87 bits per heavy atom. The number of carbonyl (C=O) groups excluding carboxylic acids is 1. The van der Waals surface area contributed by atoms with E-state index in [1.54, 1.807) is 12.1 Å². The lowest BCUT2D eigenvalue weighted by atomic mass is 10.4. The van der Waals surface area contributed by atoms with Gasteiger partial charge in [-0.3, -0.25) is 4.79 Å². The molecule has 0 fully saturated rings. The van der Waals surface area contributed by atoms with Gasteiger partial charge in [0.2, 0.25) is 0 Å². The van der Waals surface area contributed by atoms with Crippen molar-refractivity contribution >= 4 is 23.3 Å². The van der Waals surface area contributed by atoms with Crippen LogP contribution in [0.15, 0.2) is 24.5 Å². The van der Waals surface area contributed by atoms with Gasteiger partial charge in [-0.2, -0.15) is 15.4 Å². The van der Waals surface area contributed by atoms with E-state index in [4.69, 9.17) is 11.6 Å². The van der Waals surface area contributed by atoms with Crippen molar-refractivity contribution in [1.29, 1.82) is 0 Å². The van der Waals surface area contributed by atoms with Gasteiger partial charge in [0.25, 0.3) is 5.91 Å². The van der Waals surface area contributed by atoms with Crippen LogP contribution in [0.5, 0.6) is 0 Å². The maximum absolute atomic E-state index is 11.5. The molecule has 0 atom stereocenters. The number of hydrogen-bond acceptors (Lipinski definition) is 4. The molecule has 2 aromatic rings. The quantitative estimate of drug-likeness (QED) is 0.799. The number of anilines is 1. The lowest BCUT2D eigenvalue weighted by Gasteiger charge is -2.00. The van der Waals surface area contributed by atoms with Gasteiger partial charge in [0.15, 0.2) is 5.69 Å². The summed E-state index contributed by atoms with van der Waals surface area (Å²) in [5, 5.41) is 12.5. The molecule has 0 saturated heterocycles. The number of aromatic amines is 1. The van der Waals surface area contributed by atoms with E-state index in [1.165, 1.54) is 12.4 Å². The van der Waals surface area contributed by atoms with Crippen molar-refractivity contribution in [2.75, 3.05) is 5.32 Å². The zero-order valence-corrected chi connectivity index (χ0v) is 8.19. The normalized spacial score (nSPS) is 9.93. The fourth-order valence-electron chi connectivity index (χ4n) is 0.941. The molecule has 7 heteroatoms. The number of rotatable bonds is 2. The molecule has 2 rings (SSSR count). The van der Waals surface area contributed by atoms with Crippen LogP contribution in [-0.4, -0.2) is 26.3 Å². The topological polar surface area (TPSA) is 83.6 Å². The summed E-state index contributed by atoms with van der Waals surface area (Å²) in [6, 6.07) is 3.23. The van der Waals surface area contributed by atoms with Crippen LogP contribution >= 0.6 is 11.6 Å².